The number of aryl methyl sites for hydroxylation is 1. The van der Waals surface area contributed by atoms with Gasteiger partial charge >= 0.3 is 12.4 Å². The zero-order chi connectivity index (χ0) is 12.7. The number of alkyl halides is 6. The fraction of sp³-hybridized carbons (Fsp3) is 0.333. The minimum Gasteiger partial charge on any atom is -0.166 e. The molecule has 0 atom stereocenters. The van der Waals surface area contributed by atoms with Crippen molar-refractivity contribution in [3.8, 4) is 0 Å². The monoisotopic (exact) mass is 354 g/mol. The average Bonchev–Trinajstić information content (AvgIpc) is 1.97. The van der Waals surface area contributed by atoms with Gasteiger partial charge in [-0.3, -0.25) is 0 Å². The van der Waals surface area contributed by atoms with Crippen LogP contribution in [-0.4, -0.2) is 0 Å². The van der Waals surface area contributed by atoms with Crippen molar-refractivity contribution >= 4 is 22.6 Å². The van der Waals surface area contributed by atoms with Gasteiger partial charge in [0.15, 0.2) is 0 Å². The third-order valence-corrected chi connectivity index (χ3v) is 2.67. The summed E-state index contributed by atoms with van der Waals surface area (Å²) in [6, 6.07) is 1.57. The van der Waals surface area contributed by atoms with Crippen LogP contribution in [0.1, 0.15) is 16.7 Å². The van der Waals surface area contributed by atoms with Crippen LogP contribution in [0.5, 0.6) is 0 Å². The summed E-state index contributed by atoms with van der Waals surface area (Å²) in [5, 5.41) is 0. The molecular formula is C9H5F6I. The molecule has 0 aliphatic carbocycles. The number of rotatable bonds is 0. The third-order valence-electron chi connectivity index (χ3n) is 1.82. The van der Waals surface area contributed by atoms with Gasteiger partial charge in [0.05, 0.1) is 11.1 Å². The van der Waals surface area contributed by atoms with Gasteiger partial charge in [-0.25, -0.2) is 0 Å². The van der Waals surface area contributed by atoms with Crippen molar-refractivity contribution < 1.29 is 26.3 Å². The van der Waals surface area contributed by atoms with Gasteiger partial charge in [-0.1, -0.05) is 0 Å². The van der Waals surface area contributed by atoms with Crippen LogP contribution in [0.3, 0.4) is 0 Å². The lowest BCUT2D eigenvalue weighted by atomic mass is 10.0. The molecule has 0 fully saturated rings. The quantitative estimate of drug-likeness (QED) is 0.471. The minimum absolute atomic E-state index is 0.143. The van der Waals surface area contributed by atoms with Crippen LogP contribution in [-0.2, 0) is 12.4 Å². The molecule has 0 unspecified atom stereocenters. The van der Waals surface area contributed by atoms with E-state index in [9.17, 15) is 26.3 Å². The predicted molar refractivity (Wildman–Crippen MR) is 53.9 cm³/mol. The summed E-state index contributed by atoms with van der Waals surface area (Å²) in [6.07, 6.45) is -10.0. The molecule has 0 aliphatic rings. The Hall–Kier alpha value is -0.470. The summed E-state index contributed by atoms with van der Waals surface area (Å²) in [7, 11) is 0. The van der Waals surface area contributed by atoms with Gasteiger partial charge in [-0.15, -0.1) is 0 Å². The first-order valence-corrected chi connectivity index (χ1v) is 5.06. The molecule has 0 heterocycles. The molecule has 1 aromatic rings. The summed E-state index contributed by atoms with van der Waals surface area (Å²) in [4.78, 5) is 0. The molecule has 0 radical (unpaired) electrons. The highest BCUT2D eigenvalue weighted by molar-refractivity contribution is 14.1. The smallest absolute Gasteiger partial charge is 0.166 e. The van der Waals surface area contributed by atoms with Crippen molar-refractivity contribution in [3.05, 3.63) is 32.4 Å². The van der Waals surface area contributed by atoms with Crippen molar-refractivity contribution in [2.45, 2.75) is 19.3 Å². The second-order valence-corrected chi connectivity index (χ2v) is 4.33. The second-order valence-electron chi connectivity index (χ2n) is 3.16. The van der Waals surface area contributed by atoms with Crippen molar-refractivity contribution in [1.82, 2.24) is 0 Å². The number of hydrogen-bond donors (Lipinski definition) is 0. The largest absolute Gasteiger partial charge is 0.418 e. The highest BCUT2D eigenvalue weighted by atomic mass is 127. The highest BCUT2D eigenvalue weighted by Crippen LogP contribution is 2.42. The summed E-state index contributed by atoms with van der Waals surface area (Å²) >= 11 is 1.26. The van der Waals surface area contributed by atoms with E-state index in [-0.39, 0.29) is 5.56 Å². The molecule has 1 rings (SSSR count). The lowest BCUT2D eigenvalue weighted by Crippen LogP contribution is -2.18. The molecular weight excluding hydrogens is 349 g/mol. The van der Waals surface area contributed by atoms with Gasteiger partial charge in [-0.2, -0.15) is 26.3 Å². The van der Waals surface area contributed by atoms with E-state index in [0.29, 0.717) is 6.07 Å². The number of hydrogen-bond acceptors (Lipinski definition) is 0. The Morgan fingerprint density at radius 1 is 0.938 bits per heavy atom. The first-order chi connectivity index (χ1) is 7.03. The van der Waals surface area contributed by atoms with Crippen LogP contribution >= 0.6 is 22.6 Å². The Morgan fingerprint density at radius 3 is 1.81 bits per heavy atom. The maximum atomic E-state index is 12.5. The molecule has 0 N–H and O–H groups in total. The van der Waals surface area contributed by atoms with E-state index in [2.05, 4.69) is 0 Å². The van der Waals surface area contributed by atoms with Crippen LogP contribution in [0.25, 0.3) is 0 Å². The molecule has 7 heteroatoms. The summed E-state index contributed by atoms with van der Waals surface area (Å²) < 4.78 is 74.3. The molecule has 90 valence electrons. The molecule has 0 spiro atoms. The second kappa shape index (κ2) is 4.08. The Morgan fingerprint density at radius 2 is 1.44 bits per heavy atom. The van der Waals surface area contributed by atoms with E-state index in [1.54, 1.807) is 0 Å². The van der Waals surface area contributed by atoms with E-state index >= 15 is 0 Å². The van der Waals surface area contributed by atoms with Crippen LogP contribution in [0.4, 0.5) is 26.3 Å². The summed E-state index contributed by atoms with van der Waals surface area (Å²) in [5.74, 6) is 0. The normalized spacial score (nSPS) is 13.0. The van der Waals surface area contributed by atoms with Crippen LogP contribution in [0.2, 0.25) is 0 Å². The van der Waals surface area contributed by atoms with Crippen molar-refractivity contribution in [1.29, 1.82) is 0 Å². The third kappa shape index (κ3) is 2.80. The van der Waals surface area contributed by atoms with Crippen molar-refractivity contribution in [2.75, 3.05) is 0 Å². The zero-order valence-corrected chi connectivity index (χ0v) is 9.96. The molecule has 16 heavy (non-hydrogen) atoms. The van der Waals surface area contributed by atoms with E-state index in [1.807, 2.05) is 0 Å². The Kier molecular flexibility index (Phi) is 3.47. The molecule has 1 aromatic carbocycles. The Labute approximate surface area is 101 Å². The molecule has 0 amide bonds. The van der Waals surface area contributed by atoms with E-state index < -0.39 is 27.0 Å². The van der Waals surface area contributed by atoms with E-state index in [4.69, 9.17) is 0 Å². The van der Waals surface area contributed by atoms with Gasteiger partial charge in [-0.05, 0) is 47.2 Å². The van der Waals surface area contributed by atoms with Crippen molar-refractivity contribution in [2.24, 2.45) is 0 Å². The number of benzene rings is 1. The van der Waals surface area contributed by atoms with Crippen LogP contribution in [0.15, 0.2) is 12.1 Å². The first kappa shape index (κ1) is 13.6. The maximum absolute atomic E-state index is 12.5. The molecule has 0 aromatic heterocycles. The summed E-state index contributed by atoms with van der Waals surface area (Å²) in [6.45, 7) is 1.32. The standard InChI is InChI=1S/C9H5F6I/c1-4-2-5(8(10,11)12)7(6(16)3-4)9(13,14)15/h2-3H,1H3. The number of halogens is 7. The highest BCUT2D eigenvalue weighted by Gasteiger charge is 2.44. The fourth-order valence-electron chi connectivity index (χ4n) is 1.25. The lowest BCUT2D eigenvalue weighted by molar-refractivity contribution is -0.162. The first-order valence-electron chi connectivity index (χ1n) is 3.98. The van der Waals surface area contributed by atoms with Gasteiger partial charge in [0.1, 0.15) is 0 Å². The van der Waals surface area contributed by atoms with Gasteiger partial charge in [0, 0.05) is 3.57 Å². The van der Waals surface area contributed by atoms with Gasteiger partial charge < -0.3 is 0 Å². The van der Waals surface area contributed by atoms with Crippen LogP contribution < -0.4 is 0 Å². The predicted octanol–water partition coefficient (Wildman–Crippen LogP) is 4.64. The van der Waals surface area contributed by atoms with Gasteiger partial charge in [0.25, 0.3) is 0 Å². The minimum atomic E-state index is -5.00. The Bertz CT molecular complexity index is 404. The van der Waals surface area contributed by atoms with Crippen molar-refractivity contribution in [3.63, 3.8) is 0 Å². The van der Waals surface area contributed by atoms with Crippen LogP contribution in [0, 0.1) is 10.5 Å². The molecule has 0 nitrogen and oxygen atoms in total. The molecule has 0 saturated heterocycles. The zero-order valence-electron chi connectivity index (χ0n) is 7.80. The Balaban J connectivity index is 3.58. The van der Waals surface area contributed by atoms with E-state index in [1.165, 1.54) is 29.5 Å². The van der Waals surface area contributed by atoms with Gasteiger partial charge in [0.2, 0.25) is 0 Å². The molecule has 0 aliphatic heterocycles. The average molecular weight is 354 g/mol. The van der Waals surface area contributed by atoms with E-state index in [0.717, 1.165) is 6.07 Å². The topological polar surface area (TPSA) is 0 Å². The molecule has 0 saturated carbocycles. The summed E-state index contributed by atoms with van der Waals surface area (Å²) in [5.41, 5.74) is -3.11. The SMILES string of the molecule is Cc1cc(I)c(C(F)(F)F)c(C(F)(F)F)c1. The maximum Gasteiger partial charge on any atom is 0.418 e. The lowest BCUT2D eigenvalue weighted by Gasteiger charge is -2.17. The fourth-order valence-corrected chi connectivity index (χ4v) is 2.34. The molecule has 0 bridgehead atoms.